The third-order valence-electron chi connectivity index (χ3n) is 4.05. The number of carbonyl (C=O) groups is 1. The molecule has 136 valence electrons. The van der Waals surface area contributed by atoms with E-state index in [2.05, 4.69) is 15.5 Å². The van der Waals surface area contributed by atoms with E-state index in [9.17, 15) is 14.9 Å². The first-order valence-electron chi connectivity index (χ1n) is 8.25. The molecule has 0 unspecified atom stereocenters. The van der Waals surface area contributed by atoms with Crippen LogP contribution in [0.15, 0.2) is 6.07 Å². The molecule has 0 aliphatic carbocycles. The van der Waals surface area contributed by atoms with Gasteiger partial charge in [-0.25, -0.2) is 0 Å². The molecule has 9 nitrogen and oxygen atoms in total. The molecule has 0 aliphatic rings. The summed E-state index contributed by atoms with van der Waals surface area (Å²) in [4.78, 5) is 22.5. The zero-order chi connectivity index (χ0) is 18.6. The van der Waals surface area contributed by atoms with Crippen molar-refractivity contribution in [3.8, 4) is 0 Å². The summed E-state index contributed by atoms with van der Waals surface area (Å²) >= 11 is 0. The van der Waals surface area contributed by atoms with Crippen molar-refractivity contribution in [1.82, 2.24) is 24.9 Å². The summed E-state index contributed by atoms with van der Waals surface area (Å²) in [6, 6.07) is 2.02. The maximum absolute atomic E-state index is 11.9. The van der Waals surface area contributed by atoms with Gasteiger partial charge < -0.3 is 5.32 Å². The summed E-state index contributed by atoms with van der Waals surface area (Å²) < 4.78 is 3.44. The molecular formula is C16H24N6O3. The second-order valence-corrected chi connectivity index (χ2v) is 6.10. The highest BCUT2D eigenvalue weighted by molar-refractivity contribution is 5.75. The maximum atomic E-state index is 11.9. The van der Waals surface area contributed by atoms with Gasteiger partial charge in [0.1, 0.15) is 11.4 Å². The fourth-order valence-corrected chi connectivity index (χ4v) is 2.82. The zero-order valence-corrected chi connectivity index (χ0v) is 15.1. The highest BCUT2D eigenvalue weighted by atomic mass is 16.6. The number of nitrogens with one attached hydrogen (secondary N) is 1. The molecule has 2 rings (SSSR count). The molecule has 2 heterocycles. The molecular weight excluding hydrogens is 324 g/mol. The van der Waals surface area contributed by atoms with Gasteiger partial charge in [0.05, 0.1) is 17.2 Å². The summed E-state index contributed by atoms with van der Waals surface area (Å²) in [5, 5.41) is 22.3. The van der Waals surface area contributed by atoms with Crippen LogP contribution in [0.25, 0.3) is 0 Å². The topological polar surface area (TPSA) is 108 Å². The van der Waals surface area contributed by atoms with Gasteiger partial charge in [-0.1, -0.05) is 0 Å². The number of nitro groups is 1. The van der Waals surface area contributed by atoms with Gasteiger partial charge in [0.25, 0.3) is 0 Å². The van der Waals surface area contributed by atoms with Gasteiger partial charge in [0.2, 0.25) is 5.91 Å². The molecule has 0 fully saturated rings. The fraction of sp³-hybridized carbons (Fsp3) is 0.562. The largest absolute Gasteiger partial charge is 0.356 e. The Morgan fingerprint density at radius 3 is 2.48 bits per heavy atom. The third kappa shape index (κ3) is 4.65. The number of nitrogens with zero attached hydrogens (tertiary/aromatic N) is 5. The molecule has 0 spiro atoms. The normalized spacial score (nSPS) is 10.9. The number of amides is 1. The lowest BCUT2D eigenvalue weighted by Crippen LogP contribution is -2.26. The summed E-state index contributed by atoms with van der Waals surface area (Å²) in [6.07, 6.45) is 1.03. The number of aryl methyl sites for hydroxylation is 5. The van der Waals surface area contributed by atoms with Gasteiger partial charge in [-0.3, -0.25) is 24.3 Å². The Bertz CT molecular complexity index is 777. The Balaban J connectivity index is 1.75. The van der Waals surface area contributed by atoms with E-state index in [-0.39, 0.29) is 18.0 Å². The number of hydrogen-bond donors (Lipinski definition) is 1. The first-order chi connectivity index (χ1) is 11.8. The quantitative estimate of drug-likeness (QED) is 0.445. The number of hydrogen-bond acceptors (Lipinski definition) is 5. The molecule has 0 aromatic carbocycles. The first-order valence-corrected chi connectivity index (χ1v) is 8.25. The number of aromatic nitrogens is 4. The Morgan fingerprint density at radius 2 is 1.92 bits per heavy atom. The summed E-state index contributed by atoms with van der Waals surface area (Å²) in [5.74, 6) is -0.0939. The van der Waals surface area contributed by atoms with Gasteiger partial charge in [0.15, 0.2) is 0 Å². The maximum Gasteiger partial charge on any atom is 0.312 e. The van der Waals surface area contributed by atoms with Crippen LogP contribution >= 0.6 is 0 Å². The van der Waals surface area contributed by atoms with E-state index in [1.165, 1.54) is 4.68 Å². The lowest BCUT2D eigenvalue weighted by Gasteiger charge is -2.07. The highest BCUT2D eigenvalue weighted by Gasteiger charge is 2.21. The second-order valence-electron chi connectivity index (χ2n) is 6.10. The van der Waals surface area contributed by atoms with Crippen molar-refractivity contribution in [2.75, 3.05) is 6.54 Å². The molecule has 1 N–H and O–H groups in total. The standard InChI is InChI=1S/C16H24N6O3/c1-11-10-12(2)20(18-11)8-5-7-17-15(23)6-9-21-14(4)16(22(24)25)13(3)19-21/h10H,5-9H2,1-4H3,(H,17,23). The van der Waals surface area contributed by atoms with Crippen molar-refractivity contribution in [1.29, 1.82) is 0 Å². The van der Waals surface area contributed by atoms with Gasteiger partial charge in [0, 0.05) is 25.2 Å². The third-order valence-corrected chi connectivity index (χ3v) is 4.05. The summed E-state index contributed by atoms with van der Waals surface area (Å²) in [6.45, 7) is 8.84. The van der Waals surface area contributed by atoms with Gasteiger partial charge in [-0.05, 0) is 40.2 Å². The van der Waals surface area contributed by atoms with Crippen molar-refractivity contribution in [3.05, 3.63) is 39.0 Å². The Labute approximate surface area is 146 Å². The zero-order valence-electron chi connectivity index (χ0n) is 15.1. The number of carbonyl (C=O) groups excluding carboxylic acids is 1. The van der Waals surface area contributed by atoms with Crippen LogP contribution in [0.3, 0.4) is 0 Å². The van der Waals surface area contributed by atoms with Crippen LogP contribution in [0.2, 0.25) is 0 Å². The molecule has 0 saturated carbocycles. The summed E-state index contributed by atoms with van der Waals surface area (Å²) in [7, 11) is 0. The lowest BCUT2D eigenvalue weighted by molar-refractivity contribution is -0.386. The molecule has 25 heavy (non-hydrogen) atoms. The first kappa shape index (κ1) is 18.6. The predicted molar refractivity (Wildman–Crippen MR) is 92.3 cm³/mol. The van der Waals surface area contributed by atoms with Crippen LogP contribution in [0.4, 0.5) is 5.69 Å². The average Bonchev–Trinajstić information content (AvgIpc) is 2.99. The number of rotatable bonds is 8. The molecule has 0 aliphatic heterocycles. The minimum Gasteiger partial charge on any atom is -0.356 e. The van der Waals surface area contributed by atoms with Crippen LogP contribution in [0.5, 0.6) is 0 Å². The molecule has 0 radical (unpaired) electrons. The van der Waals surface area contributed by atoms with Crippen molar-refractivity contribution < 1.29 is 9.72 Å². The molecule has 0 saturated heterocycles. The summed E-state index contributed by atoms with van der Waals surface area (Å²) in [5.41, 5.74) is 2.95. The Morgan fingerprint density at radius 1 is 1.20 bits per heavy atom. The minimum absolute atomic E-state index is 0.0188. The molecule has 0 bridgehead atoms. The van der Waals surface area contributed by atoms with Crippen molar-refractivity contribution in [2.45, 2.75) is 53.6 Å². The smallest absolute Gasteiger partial charge is 0.312 e. The molecule has 2 aromatic heterocycles. The van der Waals surface area contributed by atoms with Crippen LogP contribution in [0, 0.1) is 37.8 Å². The second kappa shape index (κ2) is 7.91. The fourth-order valence-electron chi connectivity index (χ4n) is 2.82. The Hall–Kier alpha value is -2.71. The van der Waals surface area contributed by atoms with Crippen molar-refractivity contribution in [3.63, 3.8) is 0 Å². The van der Waals surface area contributed by atoms with E-state index in [1.54, 1.807) is 13.8 Å². The average molecular weight is 348 g/mol. The van der Waals surface area contributed by atoms with Gasteiger partial charge >= 0.3 is 5.69 Å². The van der Waals surface area contributed by atoms with E-state index in [4.69, 9.17) is 0 Å². The van der Waals surface area contributed by atoms with E-state index in [0.29, 0.717) is 24.5 Å². The molecule has 0 atom stereocenters. The van der Waals surface area contributed by atoms with Crippen LogP contribution < -0.4 is 5.32 Å². The van der Waals surface area contributed by atoms with E-state index < -0.39 is 4.92 Å². The van der Waals surface area contributed by atoms with E-state index >= 15 is 0 Å². The SMILES string of the molecule is Cc1cc(C)n(CCCNC(=O)CCn2nc(C)c([N+](=O)[O-])c2C)n1. The molecule has 2 aromatic rings. The molecule has 9 heteroatoms. The van der Waals surface area contributed by atoms with Gasteiger partial charge in [-0.15, -0.1) is 0 Å². The van der Waals surface area contributed by atoms with Gasteiger partial charge in [-0.2, -0.15) is 10.2 Å². The monoisotopic (exact) mass is 348 g/mol. The van der Waals surface area contributed by atoms with Crippen molar-refractivity contribution >= 4 is 11.6 Å². The van der Waals surface area contributed by atoms with E-state index in [1.807, 2.05) is 24.6 Å². The van der Waals surface area contributed by atoms with Crippen LogP contribution in [-0.2, 0) is 17.9 Å². The van der Waals surface area contributed by atoms with Crippen LogP contribution in [-0.4, -0.2) is 36.9 Å². The lowest BCUT2D eigenvalue weighted by atomic mass is 10.3. The predicted octanol–water partition coefficient (Wildman–Crippen LogP) is 1.82. The minimum atomic E-state index is -0.437. The van der Waals surface area contributed by atoms with E-state index in [0.717, 1.165) is 24.4 Å². The Kier molecular flexibility index (Phi) is 5.89. The van der Waals surface area contributed by atoms with Crippen LogP contribution in [0.1, 0.15) is 35.6 Å². The van der Waals surface area contributed by atoms with Crippen molar-refractivity contribution in [2.24, 2.45) is 0 Å². The molecule has 1 amide bonds. The highest BCUT2D eigenvalue weighted by Crippen LogP contribution is 2.21.